The van der Waals surface area contributed by atoms with Crippen molar-refractivity contribution < 1.29 is 19.4 Å². The Hall–Kier alpha value is -1.62. The summed E-state index contributed by atoms with van der Waals surface area (Å²) in [6.45, 7) is 2.32. The Bertz CT molecular complexity index is 459. The van der Waals surface area contributed by atoms with Crippen LogP contribution in [0.1, 0.15) is 23.7 Å². The van der Waals surface area contributed by atoms with Crippen molar-refractivity contribution in [3.05, 3.63) is 29.6 Å². The van der Waals surface area contributed by atoms with Crippen LogP contribution in [0.2, 0.25) is 0 Å². The highest BCUT2D eigenvalue weighted by Crippen LogP contribution is 2.25. The molecule has 2 rings (SSSR count). The Morgan fingerprint density at radius 1 is 1.53 bits per heavy atom. The van der Waals surface area contributed by atoms with Crippen LogP contribution in [0.25, 0.3) is 0 Å². The van der Waals surface area contributed by atoms with Gasteiger partial charge in [0.1, 0.15) is 11.6 Å². The largest absolute Gasteiger partial charge is 0.507 e. The molecule has 0 spiro atoms. The zero-order valence-electron chi connectivity index (χ0n) is 9.48. The summed E-state index contributed by atoms with van der Waals surface area (Å²) < 4.78 is 12.8. The van der Waals surface area contributed by atoms with E-state index >= 15 is 0 Å². The molecule has 1 aliphatic heterocycles. The van der Waals surface area contributed by atoms with Gasteiger partial charge in [0.05, 0.1) is 11.2 Å². The fourth-order valence-corrected chi connectivity index (χ4v) is 1.97. The summed E-state index contributed by atoms with van der Waals surface area (Å²) in [5, 5.41) is 19.3. The summed E-state index contributed by atoms with van der Waals surface area (Å²) >= 11 is 0. The van der Waals surface area contributed by atoms with Crippen LogP contribution >= 0.6 is 0 Å². The lowest BCUT2D eigenvalue weighted by Gasteiger charge is -2.19. The number of rotatable bonds is 1. The van der Waals surface area contributed by atoms with E-state index in [1.165, 1.54) is 11.0 Å². The number of carbonyl (C=O) groups excluding carboxylic acids is 1. The average molecular weight is 239 g/mol. The van der Waals surface area contributed by atoms with Crippen LogP contribution in [-0.2, 0) is 0 Å². The molecule has 92 valence electrons. The van der Waals surface area contributed by atoms with E-state index in [1.807, 2.05) is 0 Å². The van der Waals surface area contributed by atoms with Crippen molar-refractivity contribution in [1.82, 2.24) is 4.90 Å². The highest BCUT2D eigenvalue weighted by Gasteiger charge is 2.34. The van der Waals surface area contributed by atoms with Crippen LogP contribution in [0.3, 0.4) is 0 Å². The zero-order chi connectivity index (χ0) is 12.6. The van der Waals surface area contributed by atoms with Gasteiger partial charge in [-0.25, -0.2) is 4.39 Å². The first-order chi connectivity index (χ1) is 7.89. The lowest BCUT2D eigenvalue weighted by Crippen LogP contribution is -2.33. The van der Waals surface area contributed by atoms with Crippen molar-refractivity contribution in [2.24, 2.45) is 0 Å². The number of hydrogen-bond acceptors (Lipinski definition) is 3. The summed E-state index contributed by atoms with van der Waals surface area (Å²) in [5.41, 5.74) is -0.824. The van der Waals surface area contributed by atoms with Crippen molar-refractivity contribution in [3.8, 4) is 5.75 Å². The fourth-order valence-electron chi connectivity index (χ4n) is 1.97. The molecule has 1 saturated heterocycles. The highest BCUT2D eigenvalue weighted by molar-refractivity contribution is 5.97. The Morgan fingerprint density at radius 3 is 2.76 bits per heavy atom. The molecule has 1 heterocycles. The van der Waals surface area contributed by atoms with Crippen LogP contribution < -0.4 is 0 Å². The van der Waals surface area contributed by atoms with Crippen molar-refractivity contribution in [1.29, 1.82) is 0 Å². The van der Waals surface area contributed by atoms with Crippen LogP contribution in [0.4, 0.5) is 4.39 Å². The number of phenols is 1. The van der Waals surface area contributed by atoms with Crippen LogP contribution in [0.5, 0.6) is 5.75 Å². The van der Waals surface area contributed by atoms with Gasteiger partial charge in [-0.05, 0) is 25.5 Å². The summed E-state index contributed by atoms with van der Waals surface area (Å²) in [7, 11) is 0. The molecule has 0 aliphatic carbocycles. The molecule has 1 atom stereocenters. The molecular formula is C12H14FNO3. The SMILES string of the molecule is CC1(O)CCN(C(=O)c2ccc(F)cc2O)C1. The minimum atomic E-state index is -0.884. The number of aliphatic hydroxyl groups is 1. The molecule has 4 nitrogen and oxygen atoms in total. The third-order valence-corrected chi connectivity index (χ3v) is 2.93. The normalized spacial score (nSPS) is 24.1. The van der Waals surface area contributed by atoms with Crippen molar-refractivity contribution in [3.63, 3.8) is 0 Å². The van der Waals surface area contributed by atoms with E-state index in [9.17, 15) is 19.4 Å². The molecule has 0 bridgehead atoms. The third-order valence-electron chi connectivity index (χ3n) is 2.93. The van der Waals surface area contributed by atoms with Crippen molar-refractivity contribution in [2.45, 2.75) is 18.9 Å². The van der Waals surface area contributed by atoms with E-state index < -0.39 is 11.4 Å². The number of hydrogen-bond donors (Lipinski definition) is 2. The molecule has 1 aromatic carbocycles. The predicted octanol–water partition coefficient (Wildman–Crippen LogP) is 1.13. The van der Waals surface area contributed by atoms with E-state index in [0.717, 1.165) is 12.1 Å². The summed E-state index contributed by atoms with van der Waals surface area (Å²) in [6, 6.07) is 3.28. The third kappa shape index (κ3) is 2.39. The fraction of sp³-hybridized carbons (Fsp3) is 0.417. The van der Waals surface area contributed by atoms with Crippen LogP contribution in [-0.4, -0.2) is 39.7 Å². The minimum Gasteiger partial charge on any atom is -0.507 e. The van der Waals surface area contributed by atoms with Crippen LogP contribution in [0, 0.1) is 5.82 Å². The van der Waals surface area contributed by atoms with Gasteiger partial charge in [-0.15, -0.1) is 0 Å². The second kappa shape index (κ2) is 4.00. The van der Waals surface area contributed by atoms with Crippen molar-refractivity contribution in [2.75, 3.05) is 13.1 Å². The molecule has 1 aliphatic rings. The predicted molar refractivity (Wildman–Crippen MR) is 59.2 cm³/mol. The van der Waals surface area contributed by atoms with Gasteiger partial charge in [-0.1, -0.05) is 0 Å². The number of likely N-dealkylation sites (tertiary alicyclic amines) is 1. The van der Waals surface area contributed by atoms with Gasteiger partial charge in [0, 0.05) is 19.2 Å². The Balaban J connectivity index is 2.21. The topological polar surface area (TPSA) is 60.8 Å². The number of amides is 1. The first kappa shape index (κ1) is 11.9. The van der Waals surface area contributed by atoms with E-state index in [4.69, 9.17) is 0 Å². The number of carbonyl (C=O) groups is 1. The summed E-state index contributed by atoms with van der Waals surface area (Å²) in [5.74, 6) is -1.35. The first-order valence-corrected chi connectivity index (χ1v) is 5.39. The van der Waals surface area contributed by atoms with E-state index in [-0.39, 0.29) is 23.8 Å². The molecule has 2 N–H and O–H groups in total. The van der Waals surface area contributed by atoms with E-state index in [2.05, 4.69) is 0 Å². The molecule has 1 fully saturated rings. The van der Waals surface area contributed by atoms with E-state index in [1.54, 1.807) is 6.92 Å². The first-order valence-electron chi connectivity index (χ1n) is 5.39. The second-order valence-corrected chi connectivity index (χ2v) is 4.64. The maximum atomic E-state index is 12.8. The van der Waals surface area contributed by atoms with Gasteiger partial charge in [0.25, 0.3) is 5.91 Å². The molecule has 0 radical (unpaired) electrons. The standard InChI is InChI=1S/C12H14FNO3/c1-12(17)4-5-14(7-12)11(16)9-3-2-8(13)6-10(9)15/h2-3,6,15,17H,4-5,7H2,1H3. The average Bonchev–Trinajstić information content (AvgIpc) is 2.58. The smallest absolute Gasteiger partial charge is 0.257 e. The van der Waals surface area contributed by atoms with Crippen molar-refractivity contribution >= 4 is 5.91 Å². The Labute approximate surface area is 98.3 Å². The molecule has 5 heteroatoms. The monoisotopic (exact) mass is 239 g/mol. The van der Waals surface area contributed by atoms with Crippen LogP contribution in [0.15, 0.2) is 18.2 Å². The van der Waals surface area contributed by atoms with Gasteiger partial charge in [0.2, 0.25) is 0 Å². The molecule has 0 saturated carbocycles. The Kier molecular flexibility index (Phi) is 2.79. The second-order valence-electron chi connectivity index (χ2n) is 4.64. The minimum absolute atomic E-state index is 0.0594. The molecule has 0 aromatic heterocycles. The molecule has 1 unspecified atom stereocenters. The molecule has 1 amide bonds. The zero-order valence-corrected chi connectivity index (χ0v) is 9.48. The van der Waals surface area contributed by atoms with Gasteiger partial charge in [0.15, 0.2) is 0 Å². The lowest BCUT2D eigenvalue weighted by molar-refractivity contribution is 0.0570. The Morgan fingerprint density at radius 2 is 2.24 bits per heavy atom. The lowest BCUT2D eigenvalue weighted by atomic mass is 10.1. The number of β-amino-alcohol motifs (C(OH)–C–C–N with tert-alkyl or cyclic N) is 1. The number of benzene rings is 1. The van der Waals surface area contributed by atoms with Gasteiger partial charge < -0.3 is 15.1 Å². The van der Waals surface area contributed by atoms with E-state index in [0.29, 0.717) is 13.0 Å². The summed E-state index contributed by atoms with van der Waals surface area (Å²) in [6.07, 6.45) is 0.501. The van der Waals surface area contributed by atoms with Gasteiger partial charge >= 0.3 is 0 Å². The quantitative estimate of drug-likeness (QED) is 0.772. The maximum absolute atomic E-state index is 12.8. The number of nitrogens with zero attached hydrogens (tertiary/aromatic N) is 1. The molecular weight excluding hydrogens is 225 g/mol. The highest BCUT2D eigenvalue weighted by atomic mass is 19.1. The molecule has 17 heavy (non-hydrogen) atoms. The maximum Gasteiger partial charge on any atom is 0.257 e. The molecule has 1 aromatic rings. The van der Waals surface area contributed by atoms with Gasteiger partial charge in [-0.2, -0.15) is 0 Å². The number of halogens is 1. The number of phenolic OH excluding ortho intramolecular Hbond substituents is 1. The number of aromatic hydroxyl groups is 1. The van der Waals surface area contributed by atoms with Gasteiger partial charge in [-0.3, -0.25) is 4.79 Å². The summed E-state index contributed by atoms with van der Waals surface area (Å²) in [4.78, 5) is 13.5.